The number of nitrogens with zero attached hydrogens (tertiary/aromatic N) is 1. The molecule has 0 radical (unpaired) electrons. The third-order valence-corrected chi connectivity index (χ3v) is 5.01. The van der Waals surface area contributed by atoms with Gasteiger partial charge in [-0.3, -0.25) is 0 Å². The van der Waals surface area contributed by atoms with Crippen LogP contribution in [0.3, 0.4) is 0 Å². The molecule has 0 bridgehead atoms. The van der Waals surface area contributed by atoms with Crippen LogP contribution in [0.5, 0.6) is 0 Å². The second-order valence-corrected chi connectivity index (χ2v) is 7.08. The Bertz CT molecular complexity index is 581. The summed E-state index contributed by atoms with van der Waals surface area (Å²) in [5, 5.41) is 4.73. The molecule has 1 heterocycles. The third-order valence-electron chi connectivity index (χ3n) is 3.13. The van der Waals surface area contributed by atoms with E-state index in [1.54, 1.807) is 11.3 Å². The fraction of sp³-hybridized carbons (Fsp3) is 0.400. The molecule has 2 nitrogen and oxygen atoms in total. The molecule has 1 unspecified atom stereocenters. The van der Waals surface area contributed by atoms with E-state index in [1.165, 1.54) is 21.7 Å². The van der Waals surface area contributed by atoms with Crippen molar-refractivity contribution in [1.29, 1.82) is 0 Å². The molecule has 0 aliphatic rings. The lowest BCUT2D eigenvalue weighted by atomic mass is 10.1. The quantitative estimate of drug-likeness (QED) is 0.819. The Labute approximate surface area is 127 Å². The predicted molar refractivity (Wildman–Crippen MR) is 87.2 cm³/mol. The molecule has 1 atom stereocenters. The molecule has 0 spiro atoms. The Morgan fingerprint density at radius 3 is 2.42 bits per heavy atom. The van der Waals surface area contributed by atoms with Gasteiger partial charge in [0.1, 0.15) is 0 Å². The van der Waals surface area contributed by atoms with Crippen LogP contribution in [-0.4, -0.2) is 4.98 Å². The maximum atomic E-state index is 4.50. The Morgan fingerprint density at radius 1 is 1.21 bits per heavy atom. The summed E-state index contributed by atoms with van der Waals surface area (Å²) in [5.74, 6) is 0. The van der Waals surface area contributed by atoms with Crippen molar-refractivity contribution in [2.75, 3.05) is 5.32 Å². The molecular weight excluding hydrogens is 320 g/mol. The summed E-state index contributed by atoms with van der Waals surface area (Å²) >= 11 is 5.42. The van der Waals surface area contributed by atoms with Crippen molar-refractivity contribution < 1.29 is 0 Å². The summed E-state index contributed by atoms with van der Waals surface area (Å²) in [7, 11) is 0. The highest BCUT2D eigenvalue weighted by Crippen LogP contribution is 2.33. The van der Waals surface area contributed by atoms with Crippen molar-refractivity contribution >= 4 is 33.0 Å². The van der Waals surface area contributed by atoms with Gasteiger partial charge in [0.15, 0.2) is 0 Å². The van der Waals surface area contributed by atoms with Crippen molar-refractivity contribution in [3.63, 3.8) is 0 Å². The molecule has 4 heteroatoms. The smallest absolute Gasteiger partial charge is 0.0900 e. The normalized spacial score (nSPS) is 12.5. The van der Waals surface area contributed by atoms with Gasteiger partial charge < -0.3 is 5.32 Å². The Morgan fingerprint density at radius 2 is 1.89 bits per heavy atom. The van der Waals surface area contributed by atoms with Crippen LogP contribution in [0.1, 0.15) is 39.7 Å². The standard InChI is InChI=1S/C15H19BrN2S/c1-8-6-9(2)14(13(16)7-8)18-11(4)15-10(3)17-12(5)19-15/h6-7,11,18H,1-5H3. The van der Waals surface area contributed by atoms with Gasteiger partial charge in [-0.1, -0.05) is 6.07 Å². The lowest BCUT2D eigenvalue weighted by Crippen LogP contribution is -2.08. The fourth-order valence-corrected chi connectivity index (χ4v) is 4.05. The van der Waals surface area contributed by atoms with Gasteiger partial charge in [-0.2, -0.15) is 0 Å². The Hall–Kier alpha value is -0.870. The first-order chi connectivity index (χ1) is 8.88. The SMILES string of the molecule is Cc1cc(C)c(NC(C)c2sc(C)nc2C)c(Br)c1. The Kier molecular flexibility index (Phi) is 4.31. The predicted octanol–water partition coefficient (Wildman–Crippen LogP) is 5.31. The van der Waals surface area contributed by atoms with Crippen molar-refractivity contribution in [3.8, 4) is 0 Å². The van der Waals surface area contributed by atoms with Crippen molar-refractivity contribution in [2.45, 2.75) is 40.7 Å². The first-order valence-corrected chi connectivity index (χ1v) is 7.96. The number of aromatic nitrogens is 1. The molecule has 19 heavy (non-hydrogen) atoms. The molecule has 0 aliphatic heterocycles. The molecule has 0 fully saturated rings. The molecule has 0 aliphatic carbocycles. The summed E-state index contributed by atoms with van der Waals surface area (Å²) in [5.41, 5.74) is 4.83. The molecule has 1 aromatic heterocycles. The zero-order valence-corrected chi connectivity index (χ0v) is 14.4. The van der Waals surface area contributed by atoms with E-state index in [2.05, 4.69) is 73.0 Å². The number of aryl methyl sites for hydroxylation is 4. The van der Waals surface area contributed by atoms with Crippen molar-refractivity contribution in [3.05, 3.63) is 43.3 Å². The maximum absolute atomic E-state index is 4.50. The number of hydrogen-bond acceptors (Lipinski definition) is 3. The van der Waals surface area contributed by atoms with Crippen LogP contribution in [0, 0.1) is 27.7 Å². The van der Waals surface area contributed by atoms with Gasteiger partial charge in [-0.15, -0.1) is 11.3 Å². The van der Waals surface area contributed by atoms with E-state index >= 15 is 0 Å². The van der Waals surface area contributed by atoms with Gasteiger partial charge in [0.05, 0.1) is 22.4 Å². The second-order valence-electron chi connectivity index (χ2n) is 4.99. The van der Waals surface area contributed by atoms with Crippen LogP contribution in [0.25, 0.3) is 0 Å². The topological polar surface area (TPSA) is 24.9 Å². The molecule has 0 amide bonds. The summed E-state index contributed by atoms with van der Waals surface area (Å²) < 4.78 is 1.12. The van der Waals surface area contributed by atoms with E-state index in [-0.39, 0.29) is 6.04 Å². The number of halogens is 1. The summed E-state index contributed by atoms with van der Waals surface area (Å²) in [6.07, 6.45) is 0. The first kappa shape index (κ1) is 14.5. The molecule has 0 saturated carbocycles. The van der Waals surface area contributed by atoms with Crippen molar-refractivity contribution in [2.24, 2.45) is 0 Å². The molecule has 0 saturated heterocycles. The average molecular weight is 339 g/mol. The monoisotopic (exact) mass is 338 g/mol. The minimum atomic E-state index is 0.268. The highest BCUT2D eigenvalue weighted by molar-refractivity contribution is 9.10. The van der Waals surface area contributed by atoms with Gasteiger partial charge >= 0.3 is 0 Å². The molecular formula is C15H19BrN2S. The largest absolute Gasteiger partial charge is 0.377 e. The summed E-state index contributed by atoms with van der Waals surface area (Å²) in [6.45, 7) is 10.6. The van der Waals surface area contributed by atoms with E-state index < -0.39 is 0 Å². The van der Waals surface area contributed by atoms with Crippen LogP contribution < -0.4 is 5.32 Å². The van der Waals surface area contributed by atoms with E-state index in [9.17, 15) is 0 Å². The number of benzene rings is 1. The van der Waals surface area contributed by atoms with Crippen LogP contribution >= 0.6 is 27.3 Å². The molecule has 102 valence electrons. The molecule has 1 N–H and O–H groups in total. The number of thiazole rings is 1. The Balaban J connectivity index is 2.29. The lowest BCUT2D eigenvalue weighted by molar-refractivity contribution is 0.886. The lowest BCUT2D eigenvalue weighted by Gasteiger charge is -2.18. The minimum Gasteiger partial charge on any atom is -0.377 e. The third kappa shape index (κ3) is 3.18. The number of anilines is 1. The van der Waals surface area contributed by atoms with Gasteiger partial charge in [0.2, 0.25) is 0 Å². The molecule has 2 aromatic rings. The number of hydrogen-bond donors (Lipinski definition) is 1. The van der Waals surface area contributed by atoms with Gasteiger partial charge in [0.25, 0.3) is 0 Å². The minimum absolute atomic E-state index is 0.268. The van der Waals surface area contributed by atoms with E-state index in [4.69, 9.17) is 0 Å². The maximum Gasteiger partial charge on any atom is 0.0900 e. The summed E-state index contributed by atoms with van der Waals surface area (Å²) in [6, 6.07) is 4.61. The number of nitrogens with one attached hydrogen (secondary N) is 1. The van der Waals surface area contributed by atoms with Gasteiger partial charge in [-0.05, 0) is 67.7 Å². The van der Waals surface area contributed by atoms with Gasteiger partial charge in [-0.25, -0.2) is 4.98 Å². The van der Waals surface area contributed by atoms with Crippen LogP contribution in [-0.2, 0) is 0 Å². The molecule has 1 aromatic carbocycles. The highest BCUT2D eigenvalue weighted by atomic mass is 79.9. The number of rotatable bonds is 3. The van der Waals surface area contributed by atoms with Crippen molar-refractivity contribution in [1.82, 2.24) is 4.98 Å². The van der Waals surface area contributed by atoms with Gasteiger partial charge in [0, 0.05) is 9.35 Å². The van der Waals surface area contributed by atoms with Crippen LogP contribution in [0.4, 0.5) is 5.69 Å². The average Bonchev–Trinajstić information content (AvgIpc) is 2.62. The summed E-state index contributed by atoms with van der Waals surface area (Å²) in [4.78, 5) is 5.81. The zero-order valence-electron chi connectivity index (χ0n) is 12.0. The zero-order chi connectivity index (χ0) is 14.2. The first-order valence-electron chi connectivity index (χ1n) is 6.35. The van der Waals surface area contributed by atoms with E-state index in [0.29, 0.717) is 0 Å². The van der Waals surface area contributed by atoms with Crippen LogP contribution in [0.2, 0.25) is 0 Å². The van der Waals surface area contributed by atoms with E-state index in [1.807, 2.05) is 0 Å². The highest BCUT2D eigenvalue weighted by Gasteiger charge is 2.15. The molecule has 2 rings (SSSR count). The van der Waals surface area contributed by atoms with Crippen LogP contribution in [0.15, 0.2) is 16.6 Å². The van der Waals surface area contributed by atoms with E-state index in [0.717, 1.165) is 15.2 Å². The fourth-order valence-electron chi connectivity index (χ4n) is 2.33. The second kappa shape index (κ2) is 5.63.